The van der Waals surface area contributed by atoms with Gasteiger partial charge >= 0.3 is 5.97 Å². The summed E-state index contributed by atoms with van der Waals surface area (Å²) in [7, 11) is 1.27. The summed E-state index contributed by atoms with van der Waals surface area (Å²) in [5, 5.41) is 4.72. The number of ether oxygens (including phenoxy) is 1. The summed E-state index contributed by atoms with van der Waals surface area (Å²) in [4.78, 5) is 25.7. The normalized spacial score (nSPS) is 18.3. The highest BCUT2D eigenvalue weighted by Gasteiger charge is 2.50. The van der Waals surface area contributed by atoms with Gasteiger partial charge in [-0.15, -0.1) is 11.3 Å². The van der Waals surface area contributed by atoms with E-state index in [0.29, 0.717) is 17.0 Å². The van der Waals surface area contributed by atoms with E-state index in [0.717, 1.165) is 10.4 Å². The molecule has 1 N–H and O–H groups in total. The van der Waals surface area contributed by atoms with Crippen molar-refractivity contribution in [3.63, 3.8) is 0 Å². The molecule has 0 spiro atoms. The van der Waals surface area contributed by atoms with Gasteiger partial charge in [0.2, 0.25) is 11.7 Å². The van der Waals surface area contributed by atoms with Crippen molar-refractivity contribution in [3.05, 3.63) is 75.1 Å². The molecule has 1 aromatic carbocycles. The van der Waals surface area contributed by atoms with E-state index >= 15 is 0 Å². The number of nitrogens with one attached hydrogen (secondary N) is 1. The van der Waals surface area contributed by atoms with Gasteiger partial charge in [0.25, 0.3) is 0 Å². The first-order valence-corrected chi connectivity index (χ1v) is 9.17. The number of methoxy groups -OCH3 is 1. The summed E-state index contributed by atoms with van der Waals surface area (Å²) in [6.07, 6.45) is 0.204. The second-order valence-corrected chi connectivity index (χ2v) is 7.33. The average molecular weight is 385 g/mol. The summed E-state index contributed by atoms with van der Waals surface area (Å²) < 4.78 is 24.0. The van der Waals surface area contributed by atoms with Crippen molar-refractivity contribution in [1.82, 2.24) is 0 Å². The van der Waals surface area contributed by atoms with Gasteiger partial charge in [-0.05, 0) is 53.8 Å². The van der Waals surface area contributed by atoms with Crippen molar-refractivity contribution in [2.24, 2.45) is 0 Å². The predicted octanol–water partition coefficient (Wildman–Crippen LogP) is 4.06. The Balaban J connectivity index is 1.87. The number of anilines is 1. The molecular formula is C20H16FNO4S. The monoisotopic (exact) mass is 385 g/mol. The quantitative estimate of drug-likeness (QED) is 0.688. The Morgan fingerprint density at radius 2 is 2.11 bits per heavy atom. The molecule has 5 nitrogen and oxygen atoms in total. The van der Waals surface area contributed by atoms with Crippen molar-refractivity contribution >= 4 is 28.9 Å². The van der Waals surface area contributed by atoms with E-state index in [1.165, 1.54) is 36.6 Å². The molecule has 0 saturated heterocycles. The van der Waals surface area contributed by atoms with Crippen molar-refractivity contribution in [3.8, 4) is 0 Å². The summed E-state index contributed by atoms with van der Waals surface area (Å²) in [6.45, 7) is 1.93. The third-order valence-electron chi connectivity index (χ3n) is 4.81. The first kappa shape index (κ1) is 17.5. The van der Waals surface area contributed by atoms with Crippen LogP contribution < -0.4 is 5.32 Å². The topological polar surface area (TPSA) is 68.5 Å². The number of carbonyl (C=O) groups is 2. The highest BCUT2D eigenvalue weighted by atomic mass is 32.1. The number of carbonyl (C=O) groups excluding carboxylic acids is 2. The Morgan fingerprint density at radius 3 is 2.81 bits per heavy atom. The molecule has 1 amide bonds. The van der Waals surface area contributed by atoms with Crippen LogP contribution in [0, 0.1) is 12.7 Å². The Kier molecular flexibility index (Phi) is 4.11. The number of benzene rings is 1. The SMILES string of the molecule is COC(=O)c1ccc(CC2(c3sccc3C)C(=O)Nc3cc(F)ccc32)o1. The predicted molar refractivity (Wildman–Crippen MR) is 98.6 cm³/mol. The maximum absolute atomic E-state index is 13.7. The molecule has 27 heavy (non-hydrogen) atoms. The van der Waals surface area contributed by atoms with Gasteiger partial charge in [-0.1, -0.05) is 6.07 Å². The number of furan rings is 1. The molecule has 0 radical (unpaired) electrons. The second kappa shape index (κ2) is 6.35. The summed E-state index contributed by atoms with van der Waals surface area (Å²) in [5.74, 6) is -0.705. The minimum Gasteiger partial charge on any atom is -0.463 e. The third kappa shape index (κ3) is 2.66. The molecular weight excluding hydrogens is 369 g/mol. The smallest absolute Gasteiger partial charge is 0.373 e. The number of amides is 1. The summed E-state index contributed by atoms with van der Waals surface area (Å²) >= 11 is 1.47. The van der Waals surface area contributed by atoms with Gasteiger partial charge in [0.1, 0.15) is 17.0 Å². The van der Waals surface area contributed by atoms with Gasteiger partial charge < -0.3 is 14.5 Å². The number of rotatable bonds is 4. The number of esters is 1. The standard InChI is InChI=1S/C20H16FNO4S/c1-11-7-8-27-17(11)20(10-13-4-6-16(26-13)18(23)25-2)14-5-3-12(21)9-15(14)22-19(20)24/h3-9H,10H2,1-2H3,(H,22,24). The van der Waals surface area contributed by atoms with Crippen LogP contribution in [-0.2, 0) is 21.4 Å². The molecule has 0 aliphatic carbocycles. The van der Waals surface area contributed by atoms with Crippen LogP contribution in [-0.4, -0.2) is 19.0 Å². The van der Waals surface area contributed by atoms with Crippen molar-refractivity contribution in [2.45, 2.75) is 18.8 Å². The van der Waals surface area contributed by atoms with Crippen LogP contribution >= 0.6 is 11.3 Å². The molecule has 7 heteroatoms. The summed E-state index contributed by atoms with van der Waals surface area (Å²) in [6, 6.07) is 9.42. The molecule has 3 heterocycles. The molecule has 3 aromatic rings. The number of aryl methyl sites for hydroxylation is 1. The molecule has 0 saturated carbocycles. The Bertz CT molecular complexity index is 1050. The van der Waals surface area contributed by atoms with Gasteiger partial charge in [0.05, 0.1) is 7.11 Å². The van der Waals surface area contributed by atoms with E-state index in [1.54, 1.807) is 12.1 Å². The highest BCUT2D eigenvalue weighted by molar-refractivity contribution is 7.10. The van der Waals surface area contributed by atoms with Crippen LogP contribution in [0.3, 0.4) is 0 Å². The van der Waals surface area contributed by atoms with E-state index < -0.39 is 17.2 Å². The zero-order valence-electron chi connectivity index (χ0n) is 14.7. The first-order chi connectivity index (χ1) is 13.0. The van der Waals surface area contributed by atoms with Crippen LogP contribution in [0.15, 0.2) is 46.2 Å². The molecule has 1 unspecified atom stereocenters. The lowest BCUT2D eigenvalue weighted by molar-refractivity contribution is -0.119. The van der Waals surface area contributed by atoms with Gasteiger partial charge in [-0.3, -0.25) is 4.79 Å². The minimum atomic E-state index is -1.05. The summed E-state index contributed by atoms with van der Waals surface area (Å²) in [5.41, 5.74) is 1.06. The fraction of sp³-hybridized carbons (Fsp3) is 0.200. The lowest BCUT2D eigenvalue weighted by Crippen LogP contribution is -2.37. The van der Waals surface area contributed by atoms with E-state index in [4.69, 9.17) is 4.42 Å². The van der Waals surface area contributed by atoms with E-state index in [1.807, 2.05) is 18.4 Å². The number of fused-ring (bicyclic) bond motifs is 1. The third-order valence-corrected chi connectivity index (χ3v) is 5.99. The molecule has 138 valence electrons. The van der Waals surface area contributed by atoms with Gasteiger partial charge in [0, 0.05) is 17.0 Å². The van der Waals surface area contributed by atoms with Crippen LogP contribution in [0.1, 0.15) is 32.3 Å². The van der Waals surface area contributed by atoms with Crippen LogP contribution in [0.25, 0.3) is 0 Å². The van der Waals surface area contributed by atoms with Gasteiger partial charge in [0.15, 0.2) is 0 Å². The molecule has 2 aromatic heterocycles. The van der Waals surface area contributed by atoms with Crippen molar-refractivity contribution < 1.29 is 23.1 Å². The fourth-order valence-electron chi connectivity index (χ4n) is 3.58. The van der Waals surface area contributed by atoms with E-state index in [-0.39, 0.29) is 18.1 Å². The molecule has 1 aliphatic rings. The molecule has 4 rings (SSSR count). The largest absolute Gasteiger partial charge is 0.463 e. The Labute approximate surface area is 158 Å². The van der Waals surface area contributed by atoms with Crippen LogP contribution in [0.5, 0.6) is 0 Å². The van der Waals surface area contributed by atoms with Gasteiger partial charge in [-0.25, -0.2) is 9.18 Å². The Hall–Kier alpha value is -2.93. The first-order valence-electron chi connectivity index (χ1n) is 8.29. The zero-order valence-corrected chi connectivity index (χ0v) is 15.5. The fourth-order valence-corrected chi connectivity index (χ4v) is 4.72. The molecule has 0 fully saturated rings. The van der Waals surface area contributed by atoms with Gasteiger partial charge in [-0.2, -0.15) is 0 Å². The minimum absolute atomic E-state index is 0.0725. The van der Waals surface area contributed by atoms with Crippen molar-refractivity contribution in [1.29, 1.82) is 0 Å². The lowest BCUT2D eigenvalue weighted by Gasteiger charge is -2.26. The second-order valence-electron chi connectivity index (χ2n) is 6.42. The number of halogens is 1. The maximum atomic E-state index is 13.7. The van der Waals surface area contributed by atoms with Crippen molar-refractivity contribution in [2.75, 3.05) is 12.4 Å². The van der Waals surface area contributed by atoms with Crippen LogP contribution in [0.2, 0.25) is 0 Å². The molecule has 0 bridgehead atoms. The lowest BCUT2D eigenvalue weighted by atomic mass is 9.75. The number of hydrogen-bond acceptors (Lipinski definition) is 5. The van der Waals surface area contributed by atoms with Crippen LogP contribution in [0.4, 0.5) is 10.1 Å². The zero-order chi connectivity index (χ0) is 19.2. The van der Waals surface area contributed by atoms with E-state index in [2.05, 4.69) is 10.1 Å². The number of thiophene rings is 1. The molecule has 1 aliphatic heterocycles. The van der Waals surface area contributed by atoms with E-state index in [9.17, 15) is 14.0 Å². The Morgan fingerprint density at radius 1 is 1.30 bits per heavy atom. The average Bonchev–Trinajstić information content (AvgIpc) is 3.34. The maximum Gasteiger partial charge on any atom is 0.373 e. The molecule has 1 atom stereocenters. The number of hydrogen-bond donors (Lipinski definition) is 1. The highest BCUT2D eigenvalue weighted by Crippen LogP contribution is 2.48.